The van der Waals surface area contributed by atoms with E-state index in [-0.39, 0.29) is 23.9 Å². The van der Waals surface area contributed by atoms with E-state index >= 15 is 0 Å². The van der Waals surface area contributed by atoms with Crippen LogP contribution in [0, 0.1) is 0 Å². The van der Waals surface area contributed by atoms with Crippen molar-refractivity contribution in [3.8, 4) is 5.75 Å². The van der Waals surface area contributed by atoms with Gasteiger partial charge in [-0.05, 0) is 53.9 Å². The van der Waals surface area contributed by atoms with Gasteiger partial charge in [0.2, 0.25) is 5.91 Å². The molecule has 1 amide bonds. The van der Waals surface area contributed by atoms with Crippen molar-refractivity contribution >= 4 is 34.2 Å². The predicted molar refractivity (Wildman–Crippen MR) is 87.5 cm³/mol. The minimum absolute atomic E-state index is 0. The van der Waals surface area contributed by atoms with E-state index in [1.807, 2.05) is 32.0 Å². The highest BCUT2D eigenvalue weighted by Crippen LogP contribution is 2.25. The Labute approximate surface area is 135 Å². The zero-order valence-electron chi connectivity index (χ0n) is 12.0. The van der Waals surface area contributed by atoms with Gasteiger partial charge >= 0.3 is 0 Å². The second kappa shape index (κ2) is 8.49. The Morgan fingerprint density at radius 1 is 1.45 bits per heavy atom. The van der Waals surface area contributed by atoms with Gasteiger partial charge in [0.15, 0.2) is 0 Å². The molecule has 0 spiro atoms. The Hall–Kier alpha value is -0.780. The number of amides is 1. The molecule has 0 saturated carbocycles. The third kappa shape index (κ3) is 7.12. The summed E-state index contributed by atoms with van der Waals surface area (Å²) in [7, 11) is 1.63. The lowest BCUT2D eigenvalue weighted by molar-refractivity contribution is -0.121. The Kier molecular flexibility index (Phi) is 8.16. The number of carbonyl (C=O) groups excluding carboxylic acids is 1. The molecule has 114 valence electrons. The van der Waals surface area contributed by atoms with E-state index in [0.717, 1.165) is 15.8 Å². The van der Waals surface area contributed by atoms with Crippen molar-refractivity contribution in [2.75, 3.05) is 13.7 Å². The van der Waals surface area contributed by atoms with Crippen LogP contribution in [0.5, 0.6) is 5.75 Å². The van der Waals surface area contributed by atoms with E-state index in [1.54, 1.807) is 7.11 Å². The van der Waals surface area contributed by atoms with Crippen LogP contribution in [0.2, 0.25) is 0 Å². The highest BCUT2D eigenvalue weighted by Gasteiger charge is 2.12. The molecule has 1 aromatic rings. The van der Waals surface area contributed by atoms with Gasteiger partial charge in [0.1, 0.15) is 5.75 Å². The number of aryl methyl sites for hydroxylation is 1. The van der Waals surface area contributed by atoms with Crippen LogP contribution >= 0.6 is 28.3 Å². The first-order chi connectivity index (χ1) is 8.81. The first-order valence-electron chi connectivity index (χ1n) is 6.20. The van der Waals surface area contributed by atoms with E-state index in [1.165, 1.54) is 0 Å². The summed E-state index contributed by atoms with van der Waals surface area (Å²) in [4.78, 5) is 11.7. The zero-order valence-corrected chi connectivity index (χ0v) is 14.4. The van der Waals surface area contributed by atoms with Crippen LogP contribution in [-0.2, 0) is 11.2 Å². The molecule has 0 aliphatic heterocycles. The Bertz CT molecular complexity index is 447. The van der Waals surface area contributed by atoms with E-state index in [4.69, 9.17) is 10.5 Å². The minimum atomic E-state index is -0.376. The number of hydrogen-bond donors (Lipinski definition) is 2. The fraction of sp³-hybridized carbons (Fsp3) is 0.500. The van der Waals surface area contributed by atoms with Crippen molar-refractivity contribution in [3.63, 3.8) is 0 Å². The molecule has 0 fully saturated rings. The number of halogens is 2. The average molecular weight is 366 g/mol. The van der Waals surface area contributed by atoms with Gasteiger partial charge in [-0.15, -0.1) is 12.4 Å². The largest absolute Gasteiger partial charge is 0.496 e. The van der Waals surface area contributed by atoms with E-state index in [0.29, 0.717) is 19.4 Å². The van der Waals surface area contributed by atoms with Crippen LogP contribution < -0.4 is 15.8 Å². The Balaban J connectivity index is 0.00000361. The summed E-state index contributed by atoms with van der Waals surface area (Å²) in [5.74, 6) is 0.809. The van der Waals surface area contributed by atoms with Gasteiger partial charge in [-0.2, -0.15) is 0 Å². The van der Waals surface area contributed by atoms with E-state index in [2.05, 4.69) is 21.2 Å². The topological polar surface area (TPSA) is 64.3 Å². The molecule has 0 heterocycles. The third-order valence-electron chi connectivity index (χ3n) is 2.60. The van der Waals surface area contributed by atoms with E-state index < -0.39 is 0 Å². The van der Waals surface area contributed by atoms with Crippen molar-refractivity contribution in [1.82, 2.24) is 5.32 Å². The van der Waals surface area contributed by atoms with Crippen molar-refractivity contribution in [2.45, 2.75) is 32.2 Å². The molecule has 1 rings (SSSR count). The van der Waals surface area contributed by atoms with Crippen LogP contribution in [0.1, 0.15) is 25.8 Å². The number of ether oxygens (including phenoxy) is 1. The molecule has 0 radical (unpaired) electrons. The van der Waals surface area contributed by atoms with Crippen molar-refractivity contribution in [3.05, 3.63) is 28.2 Å². The molecule has 0 bridgehead atoms. The van der Waals surface area contributed by atoms with Gasteiger partial charge in [-0.3, -0.25) is 4.79 Å². The summed E-state index contributed by atoms with van der Waals surface area (Å²) in [5, 5.41) is 2.83. The van der Waals surface area contributed by atoms with Gasteiger partial charge in [-0.1, -0.05) is 6.07 Å². The van der Waals surface area contributed by atoms with E-state index in [9.17, 15) is 4.79 Å². The summed E-state index contributed by atoms with van der Waals surface area (Å²) in [6.45, 7) is 4.25. The summed E-state index contributed by atoms with van der Waals surface area (Å²) < 4.78 is 6.06. The van der Waals surface area contributed by atoms with Gasteiger partial charge < -0.3 is 15.8 Å². The fourth-order valence-electron chi connectivity index (χ4n) is 1.54. The standard InChI is InChI=1S/C14H21BrN2O2.ClH/c1-14(2,16)9-17-13(18)7-5-10-4-6-12(19-3)11(15)8-10;/h4,6,8H,5,7,9,16H2,1-3H3,(H,17,18);1H. The monoisotopic (exact) mass is 364 g/mol. The highest BCUT2D eigenvalue weighted by atomic mass is 79.9. The van der Waals surface area contributed by atoms with Gasteiger partial charge in [0.05, 0.1) is 11.6 Å². The maximum Gasteiger partial charge on any atom is 0.220 e. The molecular formula is C14H22BrClN2O2. The normalized spacial score (nSPS) is 10.7. The number of nitrogens with two attached hydrogens (primary N) is 1. The fourth-order valence-corrected chi connectivity index (χ4v) is 2.13. The Morgan fingerprint density at radius 3 is 2.60 bits per heavy atom. The highest BCUT2D eigenvalue weighted by molar-refractivity contribution is 9.10. The Morgan fingerprint density at radius 2 is 2.10 bits per heavy atom. The summed E-state index contributed by atoms with van der Waals surface area (Å²) >= 11 is 3.43. The molecule has 0 aliphatic carbocycles. The van der Waals surface area contributed by atoms with Crippen LogP contribution in [-0.4, -0.2) is 25.1 Å². The summed E-state index contributed by atoms with van der Waals surface area (Å²) in [6.07, 6.45) is 1.15. The summed E-state index contributed by atoms with van der Waals surface area (Å²) in [5.41, 5.74) is 6.52. The first kappa shape index (κ1) is 19.2. The molecule has 0 saturated heterocycles. The lowest BCUT2D eigenvalue weighted by Crippen LogP contribution is -2.45. The minimum Gasteiger partial charge on any atom is -0.496 e. The van der Waals surface area contributed by atoms with Crippen molar-refractivity contribution in [2.24, 2.45) is 5.73 Å². The van der Waals surface area contributed by atoms with Crippen LogP contribution in [0.15, 0.2) is 22.7 Å². The molecule has 0 atom stereocenters. The van der Waals surface area contributed by atoms with Crippen LogP contribution in [0.4, 0.5) is 0 Å². The quantitative estimate of drug-likeness (QED) is 0.814. The van der Waals surface area contributed by atoms with Gasteiger partial charge in [0.25, 0.3) is 0 Å². The maximum atomic E-state index is 11.7. The number of hydrogen-bond acceptors (Lipinski definition) is 3. The molecule has 20 heavy (non-hydrogen) atoms. The third-order valence-corrected chi connectivity index (χ3v) is 3.22. The van der Waals surface area contributed by atoms with Gasteiger partial charge in [0, 0.05) is 18.5 Å². The lowest BCUT2D eigenvalue weighted by atomic mass is 10.1. The van der Waals surface area contributed by atoms with Crippen molar-refractivity contribution in [1.29, 1.82) is 0 Å². The SMILES string of the molecule is COc1ccc(CCC(=O)NCC(C)(C)N)cc1Br.Cl. The van der Waals surface area contributed by atoms with Crippen molar-refractivity contribution < 1.29 is 9.53 Å². The average Bonchev–Trinajstić information content (AvgIpc) is 2.33. The smallest absolute Gasteiger partial charge is 0.220 e. The summed E-state index contributed by atoms with van der Waals surface area (Å²) in [6, 6.07) is 5.82. The molecule has 1 aromatic carbocycles. The molecule has 0 unspecified atom stereocenters. The molecular weight excluding hydrogens is 344 g/mol. The number of nitrogens with one attached hydrogen (secondary N) is 1. The molecule has 0 aromatic heterocycles. The second-order valence-corrected chi connectivity index (χ2v) is 6.09. The zero-order chi connectivity index (χ0) is 14.5. The maximum absolute atomic E-state index is 11.7. The van der Waals surface area contributed by atoms with Gasteiger partial charge in [-0.25, -0.2) is 0 Å². The molecule has 3 N–H and O–H groups in total. The lowest BCUT2D eigenvalue weighted by Gasteiger charge is -2.18. The predicted octanol–water partition coefficient (Wildman–Crippen LogP) is 2.67. The first-order valence-corrected chi connectivity index (χ1v) is 6.99. The number of rotatable bonds is 6. The number of benzene rings is 1. The van der Waals surface area contributed by atoms with Crippen LogP contribution in [0.25, 0.3) is 0 Å². The second-order valence-electron chi connectivity index (χ2n) is 5.23. The molecule has 0 aliphatic rings. The van der Waals surface area contributed by atoms with Crippen LogP contribution in [0.3, 0.4) is 0 Å². The molecule has 4 nitrogen and oxygen atoms in total. The molecule has 6 heteroatoms. The number of methoxy groups -OCH3 is 1. The number of carbonyl (C=O) groups is 1.